The Labute approximate surface area is 132 Å². The maximum atomic E-state index is 13.2. The maximum absolute atomic E-state index is 13.2. The Morgan fingerprint density at radius 2 is 1.87 bits per heavy atom. The number of Topliss-reactive ketones (excluding diaryl/α,β-unsaturated/α-hetero) is 1. The van der Waals surface area contributed by atoms with Gasteiger partial charge in [0.25, 0.3) is 5.91 Å². The first kappa shape index (κ1) is 13.5. The largest absolute Gasteiger partial charge is 0.310 e. The number of carbonyl (C=O) groups excluding carboxylic acids is 2. The quantitative estimate of drug-likeness (QED) is 0.369. The molecule has 112 valence electrons. The van der Waals surface area contributed by atoms with Gasteiger partial charge in [-0.25, -0.2) is 0 Å². The molecule has 2 aliphatic heterocycles. The van der Waals surface area contributed by atoms with E-state index in [0.29, 0.717) is 29.8 Å². The zero-order valence-corrected chi connectivity index (χ0v) is 12.1. The van der Waals surface area contributed by atoms with E-state index in [1.165, 1.54) is 0 Å². The van der Waals surface area contributed by atoms with Crippen LogP contribution in [0.1, 0.15) is 21.5 Å². The summed E-state index contributed by atoms with van der Waals surface area (Å²) >= 11 is 0. The molecular weight excluding hydrogens is 292 g/mol. The van der Waals surface area contributed by atoms with Gasteiger partial charge in [0, 0.05) is 17.0 Å². The lowest BCUT2D eigenvalue weighted by Crippen LogP contribution is -2.54. The molecule has 0 N–H and O–H groups in total. The van der Waals surface area contributed by atoms with Gasteiger partial charge in [-0.1, -0.05) is 47.6 Å². The number of azide groups is 1. The van der Waals surface area contributed by atoms with E-state index in [4.69, 9.17) is 5.53 Å². The third-order valence-corrected chi connectivity index (χ3v) is 4.51. The third kappa shape index (κ3) is 1.61. The molecule has 0 fully saturated rings. The lowest BCUT2D eigenvalue weighted by molar-refractivity contribution is -0.122. The number of hydrogen-bond acceptors (Lipinski definition) is 3. The van der Waals surface area contributed by atoms with E-state index in [-0.39, 0.29) is 0 Å². The molecule has 0 bridgehead atoms. The normalized spacial score (nSPS) is 21.8. The van der Waals surface area contributed by atoms with Gasteiger partial charge in [0.15, 0.2) is 5.78 Å². The van der Waals surface area contributed by atoms with Crippen molar-refractivity contribution in [1.82, 2.24) is 0 Å². The van der Waals surface area contributed by atoms with Crippen molar-refractivity contribution in [2.75, 3.05) is 11.4 Å². The Hall–Kier alpha value is -3.11. The highest BCUT2D eigenvalue weighted by atomic mass is 16.2. The molecule has 1 amide bonds. The minimum Gasteiger partial charge on any atom is -0.310 e. The van der Waals surface area contributed by atoms with E-state index in [9.17, 15) is 9.59 Å². The smallest absolute Gasteiger partial charge is 0.251 e. The molecule has 0 aliphatic carbocycles. The summed E-state index contributed by atoms with van der Waals surface area (Å²) in [5.74, 6) is -0.926. The number of benzene rings is 2. The fraction of sp³-hybridized carbons (Fsp3) is 0.176. The van der Waals surface area contributed by atoms with E-state index in [2.05, 4.69) is 10.0 Å². The van der Waals surface area contributed by atoms with Crippen LogP contribution in [0.5, 0.6) is 0 Å². The van der Waals surface area contributed by atoms with Crippen LogP contribution in [0.3, 0.4) is 0 Å². The average molecular weight is 304 g/mol. The number of nitrogens with zero attached hydrogens (tertiary/aromatic N) is 4. The van der Waals surface area contributed by atoms with E-state index >= 15 is 0 Å². The summed E-state index contributed by atoms with van der Waals surface area (Å²) in [6.45, 7) is 0.494. The highest BCUT2D eigenvalue weighted by Crippen LogP contribution is 2.45. The van der Waals surface area contributed by atoms with Crippen LogP contribution in [-0.4, -0.2) is 18.2 Å². The van der Waals surface area contributed by atoms with E-state index in [1.807, 2.05) is 6.07 Å². The Morgan fingerprint density at radius 1 is 1.09 bits per heavy atom. The van der Waals surface area contributed by atoms with Crippen molar-refractivity contribution >= 4 is 17.4 Å². The van der Waals surface area contributed by atoms with Crippen molar-refractivity contribution in [1.29, 1.82) is 0 Å². The molecule has 6 heteroatoms. The number of para-hydroxylation sites is 1. The molecule has 0 spiro atoms. The van der Waals surface area contributed by atoms with Crippen molar-refractivity contribution in [2.24, 2.45) is 5.11 Å². The molecule has 0 saturated heterocycles. The lowest BCUT2D eigenvalue weighted by atomic mass is 9.78. The molecule has 2 aromatic rings. The fourth-order valence-corrected chi connectivity index (χ4v) is 3.48. The SMILES string of the molecule is [N-]=[N+]=NC1(c2ccccc2)C(=O)c2cccc3c2N(CC3)C1=O. The van der Waals surface area contributed by atoms with Gasteiger partial charge in [0.05, 0.1) is 5.69 Å². The van der Waals surface area contributed by atoms with E-state index in [0.717, 1.165) is 5.56 Å². The molecule has 1 atom stereocenters. The number of rotatable bonds is 2. The summed E-state index contributed by atoms with van der Waals surface area (Å²) in [4.78, 5) is 30.7. The van der Waals surface area contributed by atoms with Crippen LogP contribution in [-0.2, 0) is 16.8 Å². The molecular formula is C17H12N4O2. The predicted molar refractivity (Wildman–Crippen MR) is 84.1 cm³/mol. The Morgan fingerprint density at radius 3 is 2.61 bits per heavy atom. The van der Waals surface area contributed by atoms with Crippen molar-refractivity contribution in [2.45, 2.75) is 12.0 Å². The minimum absolute atomic E-state index is 0.399. The molecule has 2 heterocycles. The zero-order chi connectivity index (χ0) is 16.0. The van der Waals surface area contributed by atoms with Gasteiger partial charge < -0.3 is 4.90 Å². The first-order valence-corrected chi connectivity index (χ1v) is 7.30. The highest BCUT2D eigenvalue weighted by molar-refractivity contribution is 6.29. The summed E-state index contributed by atoms with van der Waals surface area (Å²) in [7, 11) is 0. The van der Waals surface area contributed by atoms with Crippen LogP contribution < -0.4 is 4.90 Å². The van der Waals surface area contributed by atoms with Crippen LogP contribution >= 0.6 is 0 Å². The van der Waals surface area contributed by atoms with Crippen molar-refractivity contribution in [3.8, 4) is 0 Å². The zero-order valence-electron chi connectivity index (χ0n) is 12.1. The second-order valence-corrected chi connectivity index (χ2v) is 5.62. The molecule has 2 aromatic carbocycles. The number of hydrogen-bond donors (Lipinski definition) is 0. The molecule has 6 nitrogen and oxygen atoms in total. The number of carbonyl (C=O) groups is 2. The Bertz CT molecular complexity index is 887. The maximum Gasteiger partial charge on any atom is 0.251 e. The summed E-state index contributed by atoms with van der Waals surface area (Å²) < 4.78 is 0. The standard InChI is InChI=1S/C17H12N4O2/c18-20-19-17(12-6-2-1-3-7-12)15(22)13-8-4-5-11-9-10-21(14(11)13)16(17)23/h1-8H,9-10H2. The number of ketones is 1. The van der Waals surface area contributed by atoms with E-state index in [1.54, 1.807) is 47.4 Å². The molecule has 0 saturated carbocycles. The second kappa shape index (κ2) is 4.69. The number of amides is 1. The van der Waals surface area contributed by atoms with Gasteiger partial charge in [0.2, 0.25) is 5.54 Å². The average Bonchev–Trinajstić information content (AvgIpc) is 3.02. The van der Waals surface area contributed by atoms with Crippen LogP contribution in [0.4, 0.5) is 5.69 Å². The molecule has 1 unspecified atom stereocenters. The van der Waals surface area contributed by atoms with Gasteiger partial charge in [0.1, 0.15) is 0 Å². The fourth-order valence-electron chi connectivity index (χ4n) is 3.48. The second-order valence-electron chi connectivity index (χ2n) is 5.62. The summed E-state index contributed by atoms with van der Waals surface area (Å²) in [5, 5.41) is 3.71. The van der Waals surface area contributed by atoms with E-state index < -0.39 is 17.2 Å². The third-order valence-electron chi connectivity index (χ3n) is 4.51. The topological polar surface area (TPSA) is 86.1 Å². The van der Waals surface area contributed by atoms with Crippen molar-refractivity contribution < 1.29 is 9.59 Å². The lowest BCUT2D eigenvalue weighted by Gasteiger charge is -2.36. The summed E-state index contributed by atoms with van der Waals surface area (Å²) in [5.41, 5.74) is 9.67. The Kier molecular flexibility index (Phi) is 2.76. The van der Waals surface area contributed by atoms with Crippen LogP contribution in [0.2, 0.25) is 0 Å². The molecule has 23 heavy (non-hydrogen) atoms. The molecule has 0 aromatic heterocycles. The van der Waals surface area contributed by atoms with Crippen molar-refractivity contribution in [3.05, 3.63) is 75.7 Å². The van der Waals surface area contributed by atoms with Crippen LogP contribution in [0.25, 0.3) is 10.4 Å². The first-order valence-electron chi connectivity index (χ1n) is 7.30. The number of anilines is 1. The summed E-state index contributed by atoms with van der Waals surface area (Å²) in [6.07, 6.45) is 0.698. The van der Waals surface area contributed by atoms with Gasteiger partial charge in [-0.05, 0) is 29.1 Å². The molecule has 2 aliphatic rings. The Balaban J connectivity index is 2.05. The minimum atomic E-state index is -1.86. The molecule has 0 radical (unpaired) electrons. The monoisotopic (exact) mass is 304 g/mol. The summed E-state index contributed by atoms with van der Waals surface area (Å²) in [6, 6.07) is 13.9. The predicted octanol–water partition coefficient (Wildman–Crippen LogP) is 2.98. The van der Waals surface area contributed by atoms with Crippen LogP contribution in [0.15, 0.2) is 53.6 Å². The molecule has 4 rings (SSSR count). The van der Waals surface area contributed by atoms with Gasteiger partial charge in [-0.2, -0.15) is 0 Å². The van der Waals surface area contributed by atoms with Gasteiger partial charge in [-0.3, -0.25) is 9.59 Å². The van der Waals surface area contributed by atoms with Gasteiger partial charge >= 0.3 is 0 Å². The first-order chi connectivity index (χ1) is 11.2. The van der Waals surface area contributed by atoms with Crippen molar-refractivity contribution in [3.63, 3.8) is 0 Å². The van der Waals surface area contributed by atoms with Crippen LogP contribution in [0, 0.1) is 0 Å². The van der Waals surface area contributed by atoms with Gasteiger partial charge in [-0.15, -0.1) is 0 Å². The highest BCUT2D eigenvalue weighted by Gasteiger charge is 2.55.